The summed E-state index contributed by atoms with van der Waals surface area (Å²) in [4.78, 5) is 14.4. The molecule has 1 aromatic rings. The lowest BCUT2D eigenvalue weighted by molar-refractivity contribution is 0.0947. The number of carbonyl (C=O) groups excluding carboxylic acids is 1. The second-order valence-electron chi connectivity index (χ2n) is 5.54. The van der Waals surface area contributed by atoms with Gasteiger partial charge in [0, 0.05) is 24.7 Å². The third kappa shape index (κ3) is 4.25. The molecule has 1 fully saturated rings. The van der Waals surface area contributed by atoms with Gasteiger partial charge in [-0.1, -0.05) is 36.0 Å². The predicted octanol–water partition coefficient (Wildman–Crippen LogP) is 3.18. The van der Waals surface area contributed by atoms with Crippen molar-refractivity contribution in [2.75, 3.05) is 25.9 Å². The number of likely N-dealkylation sites (N-methyl/N-ethyl adjacent to an activating group) is 1. The molecule has 1 aromatic carbocycles. The predicted molar refractivity (Wildman–Crippen MR) is 88.1 cm³/mol. The first kappa shape index (κ1) is 16.4. The van der Waals surface area contributed by atoms with Gasteiger partial charge in [0.1, 0.15) is 0 Å². The molecule has 21 heavy (non-hydrogen) atoms. The van der Waals surface area contributed by atoms with Crippen molar-refractivity contribution < 1.29 is 4.79 Å². The number of halogens is 2. The van der Waals surface area contributed by atoms with E-state index in [4.69, 9.17) is 28.9 Å². The summed E-state index contributed by atoms with van der Waals surface area (Å²) in [5.41, 5.74) is 6.47. The summed E-state index contributed by atoms with van der Waals surface area (Å²) >= 11 is 11.8. The number of nitrogens with zero attached hydrogens (tertiary/aromatic N) is 1. The van der Waals surface area contributed by atoms with Crippen LogP contribution < -0.4 is 11.1 Å². The highest BCUT2D eigenvalue weighted by atomic mass is 35.5. The summed E-state index contributed by atoms with van der Waals surface area (Å²) in [6.07, 6.45) is 5.13. The highest BCUT2D eigenvalue weighted by Crippen LogP contribution is 2.29. The van der Waals surface area contributed by atoms with Crippen LogP contribution in [-0.4, -0.2) is 37.0 Å². The quantitative estimate of drug-likeness (QED) is 0.815. The monoisotopic (exact) mass is 329 g/mol. The van der Waals surface area contributed by atoms with Crippen LogP contribution in [0.15, 0.2) is 12.1 Å². The van der Waals surface area contributed by atoms with Gasteiger partial charge in [-0.3, -0.25) is 4.79 Å². The lowest BCUT2D eigenvalue weighted by atomic mass is 10.2. The summed E-state index contributed by atoms with van der Waals surface area (Å²) in [5.74, 6) is -0.180. The van der Waals surface area contributed by atoms with Gasteiger partial charge in [-0.2, -0.15) is 0 Å². The van der Waals surface area contributed by atoms with E-state index in [1.54, 1.807) is 6.07 Å². The van der Waals surface area contributed by atoms with Crippen molar-refractivity contribution in [3.05, 3.63) is 27.7 Å². The molecular weight excluding hydrogens is 309 g/mol. The number of nitrogens with one attached hydrogen (secondary N) is 1. The number of anilines is 1. The number of hydrogen-bond donors (Lipinski definition) is 2. The fourth-order valence-electron chi connectivity index (χ4n) is 2.72. The fraction of sp³-hybridized carbons (Fsp3) is 0.533. The Morgan fingerprint density at radius 2 is 2.05 bits per heavy atom. The summed E-state index contributed by atoms with van der Waals surface area (Å²) in [6.45, 7) is 1.44. The molecule has 0 aliphatic heterocycles. The molecule has 1 aliphatic rings. The zero-order chi connectivity index (χ0) is 15.4. The first-order valence-corrected chi connectivity index (χ1v) is 7.97. The minimum absolute atomic E-state index is 0.180. The van der Waals surface area contributed by atoms with E-state index in [0.717, 1.165) is 6.54 Å². The van der Waals surface area contributed by atoms with Gasteiger partial charge in [-0.15, -0.1) is 0 Å². The topological polar surface area (TPSA) is 58.4 Å². The van der Waals surface area contributed by atoms with Crippen molar-refractivity contribution >= 4 is 34.8 Å². The first-order chi connectivity index (χ1) is 9.99. The Morgan fingerprint density at radius 1 is 1.38 bits per heavy atom. The van der Waals surface area contributed by atoms with Gasteiger partial charge >= 0.3 is 0 Å². The Bertz CT molecular complexity index is 493. The molecule has 4 nitrogen and oxygen atoms in total. The van der Waals surface area contributed by atoms with Crippen LogP contribution in [0.1, 0.15) is 36.0 Å². The number of benzene rings is 1. The Kier molecular flexibility index (Phi) is 5.73. The fourth-order valence-corrected chi connectivity index (χ4v) is 3.05. The van der Waals surface area contributed by atoms with E-state index in [0.29, 0.717) is 28.9 Å². The molecule has 116 valence electrons. The molecule has 0 aromatic heterocycles. The first-order valence-electron chi connectivity index (χ1n) is 7.22. The number of carbonyl (C=O) groups is 1. The molecule has 0 atom stereocenters. The van der Waals surface area contributed by atoms with Crippen LogP contribution in [0.4, 0.5) is 5.69 Å². The van der Waals surface area contributed by atoms with Crippen molar-refractivity contribution in [3.63, 3.8) is 0 Å². The summed E-state index contributed by atoms with van der Waals surface area (Å²) in [5, 5.41) is 3.47. The van der Waals surface area contributed by atoms with Gasteiger partial charge < -0.3 is 16.0 Å². The number of nitrogens with two attached hydrogens (primary N) is 1. The van der Waals surface area contributed by atoms with Crippen molar-refractivity contribution in [1.29, 1.82) is 0 Å². The smallest absolute Gasteiger partial charge is 0.251 e. The Labute approximate surface area is 135 Å². The third-order valence-electron chi connectivity index (χ3n) is 4.02. The normalized spacial score (nSPS) is 15.6. The molecule has 2 rings (SSSR count). The van der Waals surface area contributed by atoms with Crippen molar-refractivity contribution in [2.24, 2.45) is 0 Å². The van der Waals surface area contributed by atoms with Gasteiger partial charge in [-0.25, -0.2) is 0 Å². The van der Waals surface area contributed by atoms with Gasteiger partial charge in [0.15, 0.2) is 0 Å². The van der Waals surface area contributed by atoms with Gasteiger partial charge in [0.2, 0.25) is 0 Å². The molecule has 0 unspecified atom stereocenters. The number of nitrogen functional groups attached to an aromatic ring is 1. The SMILES string of the molecule is CN(CCNC(=O)c1cc(N)c(Cl)c(Cl)c1)C1CCCC1. The lowest BCUT2D eigenvalue weighted by Crippen LogP contribution is -2.37. The molecule has 0 bridgehead atoms. The highest BCUT2D eigenvalue weighted by molar-refractivity contribution is 6.43. The van der Waals surface area contributed by atoms with Gasteiger partial charge in [0.05, 0.1) is 15.7 Å². The van der Waals surface area contributed by atoms with Gasteiger partial charge in [-0.05, 0) is 32.0 Å². The van der Waals surface area contributed by atoms with Crippen LogP contribution in [0, 0.1) is 0 Å². The van der Waals surface area contributed by atoms with Crippen LogP contribution in [0.25, 0.3) is 0 Å². The van der Waals surface area contributed by atoms with Crippen LogP contribution in [0.3, 0.4) is 0 Å². The van der Waals surface area contributed by atoms with E-state index < -0.39 is 0 Å². The average molecular weight is 330 g/mol. The maximum atomic E-state index is 12.1. The van der Waals surface area contributed by atoms with E-state index in [2.05, 4.69) is 17.3 Å². The zero-order valence-corrected chi connectivity index (χ0v) is 13.7. The lowest BCUT2D eigenvalue weighted by Gasteiger charge is -2.23. The number of hydrogen-bond acceptors (Lipinski definition) is 3. The summed E-state index contributed by atoms with van der Waals surface area (Å²) in [6, 6.07) is 3.74. The molecule has 0 spiro atoms. The minimum Gasteiger partial charge on any atom is -0.397 e. The molecule has 0 heterocycles. The molecule has 0 saturated heterocycles. The average Bonchev–Trinajstić information content (AvgIpc) is 2.98. The zero-order valence-electron chi connectivity index (χ0n) is 12.2. The van der Waals surface area contributed by atoms with Crippen molar-refractivity contribution in [3.8, 4) is 0 Å². The maximum Gasteiger partial charge on any atom is 0.251 e. The van der Waals surface area contributed by atoms with Crippen LogP contribution >= 0.6 is 23.2 Å². The van der Waals surface area contributed by atoms with Gasteiger partial charge in [0.25, 0.3) is 5.91 Å². The largest absolute Gasteiger partial charge is 0.397 e. The van der Waals surface area contributed by atoms with E-state index in [1.165, 1.54) is 31.7 Å². The molecule has 1 saturated carbocycles. The Balaban J connectivity index is 1.84. The Morgan fingerprint density at radius 3 is 2.67 bits per heavy atom. The van der Waals surface area contributed by atoms with E-state index >= 15 is 0 Å². The van der Waals surface area contributed by atoms with Crippen LogP contribution in [-0.2, 0) is 0 Å². The molecule has 0 radical (unpaired) electrons. The molecular formula is C15H21Cl2N3O. The van der Waals surface area contributed by atoms with E-state index in [9.17, 15) is 4.79 Å². The van der Waals surface area contributed by atoms with E-state index in [-0.39, 0.29) is 10.9 Å². The second-order valence-corrected chi connectivity index (χ2v) is 6.32. The highest BCUT2D eigenvalue weighted by Gasteiger charge is 2.19. The second kappa shape index (κ2) is 7.34. The Hall–Kier alpha value is -0.970. The summed E-state index contributed by atoms with van der Waals surface area (Å²) < 4.78 is 0. The standard InChI is InChI=1S/C15H21Cl2N3O/c1-20(11-4-2-3-5-11)7-6-19-15(21)10-8-12(16)14(17)13(18)9-10/h8-9,11H,2-7,18H2,1H3,(H,19,21). The minimum atomic E-state index is -0.180. The third-order valence-corrected chi connectivity index (χ3v) is 4.83. The summed E-state index contributed by atoms with van der Waals surface area (Å²) in [7, 11) is 2.11. The number of rotatable bonds is 5. The molecule has 1 amide bonds. The molecule has 1 aliphatic carbocycles. The van der Waals surface area contributed by atoms with Crippen LogP contribution in [0.2, 0.25) is 10.0 Å². The molecule has 3 N–H and O–H groups in total. The van der Waals surface area contributed by atoms with Crippen molar-refractivity contribution in [1.82, 2.24) is 10.2 Å². The maximum absolute atomic E-state index is 12.1. The van der Waals surface area contributed by atoms with Crippen molar-refractivity contribution in [2.45, 2.75) is 31.7 Å². The number of amides is 1. The van der Waals surface area contributed by atoms with E-state index in [1.807, 2.05) is 0 Å². The van der Waals surface area contributed by atoms with Crippen LogP contribution in [0.5, 0.6) is 0 Å². The molecule has 6 heteroatoms.